The summed E-state index contributed by atoms with van der Waals surface area (Å²) in [5.74, 6) is -0.220. The number of carbonyl (C=O) groups excluding carboxylic acids is 2. The third-order valence-electron chi connectivity index (χ3n) is 4.28. The Kier molecular flexibility index (Phi) is 6.00. The Morgan fingerprint density at radius 3 is 2.19 bits per heavy atom. The Balaban J connectivity index is 1.59. The van der Waals surface area contributed by atoms with Gasteiger partial charge in [0.05, 0.1) is 0 Å². The van der Waals surface area contributed by atoms with Crippen LogP contribution in [-0.4, -0.2) is 11.8 Å². The maximum absolute atomic E-state index is 12.4. The normalized spacial score (nSPS) is 10.3. The number of benzene rings is 3. The molecule has 0 bridgehead atoms. The van der Waals surface area contributed by atoms with Gasteiger partial charge >= 0.3 is 0 Å². The van der Waals surface area contributed by atoms with Crippen LogP contribution < -0.4 is 10.6 Å². The minimum absolute atomic E-state index is 0.0544. The molecule has 3 rings (SSSR count). The molecular formula is C23H22N2O2. The molecule has 0 saturated heterocycles. The number of nitrogens with one attached hydrogen (secondary N) is 2. The molecule has 0 unspecified atom stereocenters. The van der Waals surface area contributed by atoms with Crippen molar-refractivity contribution in [1.82, 2.24) is 0 Å². The van der Waals surface area contributed by atoms with Gasteiger partial charge in [0.1, 0.15) is 0 Å². The van der Waals surface area contributed by atoms with Crippen molar-refractivity contribution in [1.29, 1.82) is 0 Å². The van der Waals surface area contributed by atoms with E-state index in [1.807, 2.05) is 61.5 Å². The lowest BCUT2D eigenvalue weighted by Gasteiger charge is -2.10. The van der Waals surface area contributed by atoms with Crippen molar-refractivity contribution < 1.29 is 9.59 Å². The lowest BCUT2D eigenvalue weighted by Crippen LogP contribution is -2.15. The first-order chi connectivity index (χ1) is 13.1. The van der Waals surface area contributed by atoms with Gasteiger partial charge in [-0.05, 0) is 48.7 Å². The number of hydrogen-bond acceptors (Lipinski definition) is 2. The molecule has 4 nitrogen and oxygen atoms in total. The van der Waals surface area contributed by atoms with Gasteiger partial charge < -0.3 is 10.6 Å². The molecule has 2 N–H and O–H groups in total. The van der Waals surface area contributed by atoms with Crippen molar-refractivity contribution in [2.75, 3.05) is 10.6 Å². The fourth-order valence-corrected chi connectivity index (χ4v) is 2.83. The molecule has 4 heteroatoms. The van der Waals surface area contributed by atoms with Crippen molar-refractivity contribution in [2.45, 2.75) is 19.8 Å². The van der Waals surface area contributed by atoms with Crippen molar-refractivity contribution in [3.8, 4) is 0 Å². The fourth-order valence-electron chi connectivity index (χ4n) is 2.83. The zero-order valence-corrected chi connectivity index (χ0v) is 15.2. The standard InChI is InChI=1S/C23H22N2O2/c1-17-8-5-6-13-21(17)23(27)25-20-12-7-11-19(16-20)24-22(26)15-14-18-9-3-2-4-10-18/h2-13,16H,14-15H2,1H3,(H,24,26)(H,25,27). The summed E-state index contributed by atoms with van der Waals surface area (Å²) in [5, 5.41) is 5.77. The van der Waals surface area contributed by atoms with Crippen LogP contribution in [-0.2, 0) is 11.2 Å². The van der Waals surface area contributed by atoms with Crippen molar-refractivity contribution >= 4 is 23.2 Å². The predicted molar refractivity (Wildman–Crippen MR) is 109 cm³/mol. The van der Waals surface area contributed by atoms with Crippen LogP contribution in [0.15, 0.2) is 78.9 Å². The van der Waals surface area contributed by atoms with E-state index in [1.165, 1.54) is 0 Å². The van der Waals surface area contributed by atoms with Gasteiger partial charge in [0.2, 0.25) is 5.91 Å². The van der Waals surface area contributed by atoms with E-state index in [9.17, 15) is 9.59 Å². The number of rotatable bonds is 6. The van der Waals surface area contributed by atoms with Crippen LogP contribution in [0.1, 0.15) is 27.9 Å². The quantitative estimate of drug-likeness (QED) is 0.664. The Morgan fingerprint density at radius 1 is 0.778 bits per heavy atom. The SMILES string of the molecule is Cc1ccccc1C(=O)Nc1cccc(NC(=O)CCc2ccccc2)c1. The molecule has 0 saturated carbocycles. The van der Waals surface area contributed by atoms with Crippen molar-refractivity contribution in [3.63, 3.8) is 0 Å². The molecule has 2 amide bonds. The highest BCUT2D eigenvalue weighted by atomic mass is 16.2. The summed E-state index contributed by atoms with van der Waals surface area (Å²) in [4.78, 5) is 24.6. The van der Waals surface area contributed by atoms with Gasteiger partial charge in [-0.15, -0.1) is 0 Å². The maximum atomic E-state index is 12.4. The van der Waals surface area contributed by atoms with E-state index in [4.69, 9.17) is 0 Å². The molecule has 0 atom stereocenters. The highest BCUT2D eigenvalue weighted by Gasteiger charge is 2.09. The van der Waals surface area contributed by atoms with Crippen LogP contribution in [0.4, 0.5) is 11.4 Å². The maximum Gasteiger partial charge on any atom is 0.255 e. The Labute approximate surface area is 159 Å². The molecule has 0 fully saturated rings. The first-order valence-electron chi connectivity index (χ1n) is 8.92. The summed E-state index contributed by atoms with van der Waals surface area (Å²) in [6.45, 7) is 1.90. The van der Waals surface area contributed by atoms with Crippen LogP contribution in [0, 0.1) is 6.92 Å². The van der Waals surface area contributed by atoms with E-state index in [0.29, 0.717) is 29.8 Å². The number of amides is 2. The van der Waals surface area contributed by atoms with Gasteiger partial charge in [0.15, 0.2) is 0 Å². The Morgan fingerprint density at radius 2 is 1.44 bits per heavy atom. The summed E-state index contributed by atoms with van der Waals surface area (Å²) in [5.41, 5.74) is 3.99. The van der Waals surface area contributed by atoms with E-state index in [2.05, 4.69) is 10.6 Å². The lowest BCUT2D eigenvalue weighted by atomic mass is 10.1. The zero-order chi connectivity index (χ0) is 19.1. The summed E-state index contributed by atoms with van der Waals surface area (Å²) < 4.78 is 0. The topological polar surface area (TPSA) is 58.2 Å². The molecule has 0 aliphatic carbocycles. The molecule has 0 aliphatic rings. The highest BCUT2D eigenvalue weighted by molar-refractivity contribution is 6.05. The second kappa shape index (κ2) is 8.81. The summed E-state index contributed by atoms with van der Waals surface area (Å²) in [6, 6.07) is 24.5. The fraction of sp³-hybridized carbons (Fsp3) is 0.130. The van der Waals surface area contributed by atoms with Crippen LogP contribution in [0.3, 0.4) is 0 Å². The molecule has 3 aromatic rings. The molecule has 0 spiro atoms. The summed E-state index contributed by atoms with van der Waals surface area (Å²) >= 11 is 0. The van der Waals surface area contributed by atoms with Crippen LogP contribution in [0.25, 0.3) is 0 Å². The van der Waals surface area contributed by atoms with Crippen LogP contribution in [0.5, 0.6) is 0 Å². The van der Waals surface area contributed by atoms with E-state index in [1.54, 1.807) is 24.3 Å². The van der Waals surface area contributed by atoms with Gasteiger partial charge in [0, 0.05) is 23.4 Å². The van der Waals surface area contributed by atoms with E-state index >= 15 is 0 Å². The van der Waals surface area contributed by atoms with Gasteiger partial charge in [0.25, 0.3) is 5.91 Å². The van der Waals surface area contributed by atoms with Crippen molar-refractivity contribution in [2.24, 2.45) is 0 Å². The predicted octanol–water partition coefficient (Wildman–Crippen LogP) is 4.82. The van der Waals surface area contributed by atoms with Gasteiger partial charge in [-0.25, -0.2) is 0 Å². The molecule has 0 aliphatic heterocycles. The number of carbonyl (C=O) groups is 2. The summed E-state index contributed by atoms with van der Waals surface area (Å²) in [6.07, 6.45) is 1.10. The minimum Gasteiger partial charge on any atom is -0.326 e. The van der Waals surface area contributed by atoms with Crippen molar-refractivity contribution in [3.05, 3.63) is 95.6 Å². The third kappa shape index (κ3) is 5.28. The van der Waals surface area contributed by atoms with Gasteiger partial charge in [-0.1, -0.05) is 54.6 Å². The van der Waals surface area contributed by atoms with Crippen LogP contribution in [0.2, 0.25) is 0 Å². The average Bonchev–Trinajstić information content (AvgIpc) is 2.68. The third-order valence-corrected chi connectivity index (χ3v) is 4.28. The second-order valence-corrected chi connectivity index (χ2v) is 6.38. The zero-order valence-electron chi connectivity index (χ0n) is 15.2. The minimum atomic E-state index is -0.166. The Hall–Kier alpha value is -3.40. The largest absolute Gasteiger partial charge is 0.326 e. The molecular weight excluding hydrogens is 336 g/mol. The number of anilines is 2. The van der Waals surface area contributed by atoms with Gasteiger partial charge in [-0.2, -0.15) is 0 Å². The number of hydrogen-bond donors (Lipinski definition) is 2. The van der Waals surface area contributed by atoms with E-state index in [-0.39, 0.29) is 11.8 Å². The van der Waals surface area contributed by atoms with Gasteiger partial charge in [-0.3, -0.25) is 9.59 Å². The van der Waals surface area contributed by atoms with E-state index in [0.717, 1.165) is 11.1 Å². The average molecular weight is 358 g/mol. The highest BCUT2D eigenvalue weighted by Crippen LogP contribution is 2.17. The lowest BCUT2D eigenvalue weighted by molar-refractivity contribution is -0.116. The molecule has 0 radical (unpaired) electrons. The molecule has 0 aromatic heterocycles. The summed E-state index contributed by atoms with van der Waals surface area (Å²) in [7, 11) is 0. The first kappa shape index (κ1) is 18.4. The molecule has 3 aromatic carbocycles. The van der Waals surface area contributed by atoms with E-state index < -0.39 is 0 Å². The molecule has 136 valence electrons. The molecule has 27 heavy (non-hydrogen) atoms. The van der Waals surface area contributed by atoms with Crippen LogP contribution >= 0.6 is 0 Å². The first-order valence-corrected chi connectivity index (χ1v) is 8.92. The number of aryl methyl sites for hydroxylation is 2. The molecule has 0 heterocycles. The Bertz CT molecular complexity index is 936. The monoisotopic (exact) mass is 358 g/mol. The smallest absolute Gasteiger partial charge is 0.255 e. The second-order valence-electron chi connectivity index (χ2n) is 6.38.